The van der Waals surface area contributed by atoms with Crippen LogP contribution in [0.15, 0.2) is 72.8 Å². The number of Topliss-reactive ketones (excluding diaryl/α,β-unsaturated/α-hetero) is 2. The van der Waals surface area contributed by atoms with Gasteiger partial charge in [-0.15, -0.1) is 0 Å². The van der Waals surface area contributed by atoms with Gasteiger partial charge >= 0.3 is 6.16 Å². The summed E-state index contributed by atoms with van der Waals surface area (Å²) in [6, 6.07) is 18.2. The highest BCUT2D eigenvalue weighted by atomic mass is 19.1. The fourth-order valence-electron chi connectivity index (χ4n) is 3.75. The maximum Gasteiger partial charge on any atom is 0.508 e. The van der Waals surface area contributed by atoms with Crippen molar-refractivity contribution in [3.8, 4) is 0 Å². The van der Waals surface area contributed by atoms with E-state index in [0.717, 1.165) is 6.07 Å². The highest BCUT2D eigenvalue weighted by molar-refractivity contribution is 6.19. The third kappa shape index (κ3) is 5.47. The number of hydrogen-bond donors (Lipinski definition) is 2. The standard InChI is InChI=1S/C27H23FN2O6/c1-2-35-27(34)36-15-22(31)16-7-5-8-17(13-16)24(32)23(25(33)18-9-6-10-19(28)14-18)26-29-20-11-3-4-12-21(20)30-26/h3-14,22-23,31H,2,15H2,1H3,(H,29,30). The van der Waals surface area contributed by atoms with Crippen LogP contribution in [-0.4, -0.2) is 46.0 Å². The van der Waals surface area contributed by atoms with Crippen molar-refractivity contribution in [3.63, 3.8) is 0 Å². The van der Waals surface area contributed by atoms with Crippen LogP contribution in [0.5, 0.6) is 0 Å². The van der Waals surface area contributed by atoms with Crippen molar-refractivity contribution >= 4 is 28.8 Å². The van der Waals surface area contributed by atoms with Gasteiger partial charge in [0.1, 0.15) is 30.3 Å². The number of imidazole rings is 1. The van der Waals surface area contributed by atoms with Gasteiger partial charge in [-0.25, -0.2) is 14.2 Å². The average Bonchev–Trinajstić information content (AvgIpc) is 3.31. The zero-order chi connectivity index (χ0) is 25.7. The first-order valence-corrected chi connectivity index (χ1v) is 11.2. The smallest absolute Gasteiger partial charge is 0.435 e. The van der Waals surface area contributed by atoms with E-state index >= 15 is 0 Å². The van der Waals surface area contributed by atoms with Crippen LogP contribution in [0.25, 0.3) is 11.0 Å². The van der Waals surface area contributed by atoms with Crippen LogP contribution in [0.1, 0.15) is 51.0 Å². The van der Waals surface area contributed by atoms with E-state index < -0.39 is 35.6 Å². The van der Waals surface area contributed by atoms with E-state index in [1.165, 1.54) is 30.3 Å². The molecule has 2 N–H and O–H groups in total. The Hall–Kier alpha value is -4.37. The number of hydrogen-bond acceptors (Lipinski definition) is 7. The number of aliphatic hydroxyl groups excluding tert-OH is 1. The number of nitrogens with one attached hydrogen (secondary N) is 1. The van der Waals surface area contributed by atoms with Gasteiger partial charge in [-0.3, -0.25) is 9.59 Å². The van der Waals surface area contributed by atoms with Crippen LogP contribution in [0.2, 0.25) is 0 Å². The Bertz CT molecular complexity index is 1380. The van der Waals surface area contributed by atoms with E-state index in [1.807, 2.05) is 0 Å². The monoisotopic (exact) mass is 490 g/mol. The molecule has 36 heavy (non-hydrogen) atoms. The maximum absolute atomic E-state index is 13.9. The second kappa shape index (κ2) is 10.9. The fraction of sp³-hybridized carbons (Fsp3) is 0.185. The Kier molecular flexibility index (Phi) is 7.50. The first-order chi connectivity index (χ1) is 17.4. The van der Waals surface area contributed by atoms with Crippen molar-refractivity contribution < 1.29 is 33.4 Å². The normalized spacial score (nSPS) is 12.6. The van der Waals surface area contributed by atoms with Crippen molar-refractivity contribution in [2.24, 2.45) is 0 Å². The Morgan fingerprint density at radius 3 is 2.33 bits per heavy atom. The van der Waals surface area contributed by atoms with E-state index in [2.05, 4.69) is 14.7 Å². The minimum absolute atomic E-state index is 0.0211. The molecule has 2 unspecified atom stereocenters. The molecule has 1 heterocycles. The molecule has 0 aliphatic heterocycles. The number of carbonyl (C=O) groups excluding carboxylic acids is 3. The third-order valence-corrected chi connectivity index (χ3v) is 5.49. The molecule has 4 rings (SSSR count). The minimum Gasteiger partial charge on any atom is -0.435 e. The second-order valence-electron chi connectivity index (χ2n) is 7.95. The number of aromatic nitrogens is 2. The Balaban J connectivity index is 1.68. The summed E-state index contributed by atoms with van der Waals surface area (Å²) in [7, 11) is 0. The number of aliphatic hydroxyl groups is 1. The summed E-state index contributed by atoms with van der Waals surface area (Å²) in [6.07, 6.45) is -2.15. The summed E-state index contributed by atoms with van der Waals surface area (Å²) >= 11 is 0. The van der Waals surface area contributed by atoms with Gasteiger partial charge in [0.15, 0.2) is 11.6 Å². The number of aromatic amines is 1. The van der Waals surface area contributed by atoms with Crippen molar-refractivity contribution in [1.82, 2.24) is 9.97 Å². The number of halogens is 1. The van der Waals surface area contributed by atoms with Crippen LogP contribution in [0.3, 0.4) is 0 Å². The van der Waals surface area contributed by atoms with Crippen LogP contribution < -0.4 is 0 Å². The van der Waals surface area contributed by atoms with E-state index in [-0.39, 0.29) is 30.2 Å². The minimum atomic E-state index is -1.39. The number of ether oxygens (including phenoxy) is 2. The molecule has 0 spiro atoms. The van der Waals surface area contributed by atoms with E-state index in [1.54, 1.807) is 43.3 Å². The molecular weight excluding hydrogens is 467 g/mol. The number of H-pyrrole nitrogens is 1. The van der Waals surface area contributed by atoms with Crippen molar-refractivity contribution in [2.75, 3.05) is 13.2 Å². The molecule has 0 fully saturated rings. The Morgan fingerprint density at radius 1 is 0.944 bits per heavy atom. The van der Waals surface area contributed by atoms with Gasteiger partial charge < -0.3 is 19.6 Å². The van der Waals surface area contributed by atoms with E-state index in [9.17, 15) is 23.9 Å². The predicted molar refractivity (Wildman–Crippen MR) is 128 cm³/mol. The molecule has 0 radical (unpaired) electrons. The molecule has 2 atom stereocenters. The van der Waals surface area contributed by atoms with Crippen LogP contribution in [-0.2, 0) is 9.47 Å². The summed E-state index contributed by atoms with van der Waals surface area (Å²) < 4.78 is 23.4. The van der Waals surface area contributed by atoms with Gasteiger partial charge in [0.2, 0.25) is 0 Å². The molecule has 0 saturated carbocycles. The van der Waals surface area contributed by atoms with Gasteiger partial charge in [0.05, 0.1) is 17.6 Å². The van der Waals surface area contributed by atoms with E-state index in [0.29, 0.717) is 16.6 Å². The van der Waals surface area contributed by atoms with Gasteiger partial charge in [-0.2, -0.15) is 0 Å². The topological polar surface area (TPSA) is 119 Å². The highest BCUT2D eigenvalue weighted by Crippen LogP contribution is 2.27. The molecule has 184 valence electrons. The molecule has 0 aliphatic carbocycles. The number of carbonyl (C=O) groups is 3. The maximum atomic E-state index is 13.9. The lowest BCUT2D eigenvalue weighted by Crippen LogP contribution is -2.24. The van der Waals surface area contributed by atoms with E-state index in [4.69, 9.17) is 4.74 Å². The average molecular weight is 490 g/mol. The Morgan fingerprint density at radius 2 is 1.64 bits per heavy atom. The number of ketones is 2. The van der Waals surface area contributed by atoms with Crippen LogP contribution >= 0.6 is 0 Å². The lowest BCUT2D eigenvalue weighted by molar-refractivity contribution is 0.0206. The lowest BCUT2D eigenvalue weighted by atomic mass is 9.88. The molecule has 3 aromatic carbocycles. The largest absolute Gasteiger partial charge is 0.508 e. The van der Waals surface area contributed by atoms with Crippen molar-refractivity contribution in [2.45, 2.75) is 18.9 Å². The fourth-order valence-corrected chi connectivity index (χ4v) is 3.75. The van der Waals surface area contributed by atoms with Gasteiger partial charge in [-0.1, -0.05) is 42.5 Å². The zero-order valence-corrected chi connectivity index (χ0v) is 19.3. The van der Waals surface area contributed by atoms with Gasteiger partial charge in [-0.05, 0) is 42.8 Å². The highest BCUT2D eigenvalue weighted by Gasteiger charge is 2.33. The number of benzene rings is 3. The van der Waals surface area contributed by atoms with Gasteiger partial charge in [0.25, 0.3) is 0 Å². The molecule has 8 nitrogen and oxygen atoms in total. The van der Waals surface area contributed by atoms with Gasteiger partial charge in [0, 0.05) is 11.1 Å². The molecule has 0 aliphatic rings. The van der Waals surface area contributed by atoms with Crippen molar-refractivity contribution in [1.29, 1.82) is 0 Å². The summed E-state index contributed by atoms with van der Waals surface area (Å²) in [4.78, 5) is 46.1. The molecule has 1 aromatic heterocycles. The molecular formula is C27H23FN2O6. The molecule has 0 saturated heterocycles. The SMILES string of the molecule is CCOC(=O)OCC(O)c1cccc(C(=O)C(C(=O)c2cccc(F)c2)c2nc3ccccc3[nH]2)c1. The molecule has 0 bridgehead atoms. The number of nitrogens with zero attached hydrogens (tertiary/aromatic N) is 1. The van der Waals surface area contributed by atoms with Crippen LogP contribution in [0.4, 0.5) is 9.18 Å². The lowest BCUT2D eigenvalue weighted by Gasteiger charge is -2.15. The summed E-state index contributed by atoms with van der Waals surface area (Å²) in [5, 5.41) is 10.4. The predicted octanol–water partition coefficient (Wildman–Crippen LogP) is 4.76. The summed E-state index contributed by atoms with van der Waals surface area (Å²) in [5.74, 6) is -3.10. The first kappa shape index (κ1) is 24.7. The van der Waals surface area contributed by atoms with Crippen LogP contribution in [0, 0.1) is 5.82 Å². The number of rotatable bonds is 9. The molecule has 9 heteroatoms. The zero-order valence-electron chi connectivity index (χ0n) is 19.3. The molecule has 0 amide bonds. The summed E-state index contributed by atoms with van der Waals surface area (Å²) in [5.41, 5.74) is 1.65. The summed E-state index contributed by atoms with van der Waals surface area (Å²) in [6.45, 7) is 1.36. The molecule has 4 aromatic rings. The third-order valence-electron chi connectivity index (χ3n) is 5.49. The second-order valence-corrected chi connectivity index (χ2v) is 7.95. The number of para-hydroxylation sites is 2. The first-order valence-electron chi connectivity index (χ1n) is 11.2. The number of fused-ring (bicyclic) bond motifs is 1. The van der Waals surface area contributed by atoms with Crippen molar-refractivity contribution in [3.05, 3.63) is 101 Å². The quantitative estimate of drug-likeness (QED) is 0.197. The Labute approximate surface area is 205 Å².